The molecule has 0 bridgehead atoms. The fraction of sp³-hybridized carbons (Fsp3) is 0.357. The van der Waals surface area contributed by atoms with Gasteiger partial charge in [0.2, 0.25) is 0 Å². The van der Waals surface area contributed by atoms with Crippen molar-refractivity contribution in [3.8, 4) is 0 Å². The number of hydrogen-bond acceptors (Lipinski definition) is 3. The summed E-state index contributed by atoms with van der Waals surface area (Å²) in [7, 11) is 1.95. The monoisotopic (exact) mass is 280 g/mol. The lowest BCUT2D eigenvalue weighted by molar-refractivity contribution is 0.679. The van der Waals surface area contributed by atoms with E-state index in [1.807, 2.05) is 25.2 Å². The number of rotatable bonds is 4. The highest BCUT2D eigenvalue weighted by Gasteiger charge is 2.17. The number of halogens is 1. The molecule has 1 N–H and O–H groups in total. The van der Waals surface area contributed by atoms with Crippen molar-refractivity contribution in [1.82, 2.24) is 10.3 Å². The zero-order valence-electron chi connectivity index (χ0n) is 10.8. The minimum Gasteiger partial charge on any atom is -0.307 e. The summed E-state index contributed by atoms with van der Waals surface area (Å²) in [6, 6.07) is 8.03. The van der Waals surface area contributed by atoms with Crippen molar-refractivity contribution >= 4 is 22.9 Å². The molecular formula is C14H17ClN2S. The number of hydrogen-bond donors (Lipinski definition) is 1. The van der Waals surface area contributed by atoms with E-state index >= 15 is 0 Å². The first-order valence-corrected chi connectivity index (χ1v) is 7.25. The summed E-state index contributed by atoms with van der Waals surface area (Å²) in [6.45, 7) is 4.32. The Morgan fingerprint density at radius 2 is 2.11 bits per heavy atom. The molecule has 1 heterocycles. The first-order valence-electron chi connectivity index (χ1n) is 6.00. The van der Waals surface area contributed by atoms with Crippen molar-refractivity contribution in [2.45, 2.75) is 25.8 Å². The van der Waals surface area contributed by atoms with Crippen LogP contribution in [-0.2, 0) is 0 Å². The van der Waals surface area contributed by atoms with Crippen LogP contribution in [0.3, 0.4) is 0 Å². The van der Waals surface area contributed by atoms with Crippen LogP contribution < -0.4 is 5.32 Å². The van der Waals surface area contributed by atoms with Crippen molar-refractivity contribution in [1.29, 1.82) is 0 Å². The van der Waals surface area contributed by atoms with Gasteiger partial charge in [0, 0.05) is 10.4 Å². The molecule has 1 unspecified atom stereocenters. The lowest BCUT2D eigenvalue weighted by atomic mass is 10.1. The second-order valence-corrected chi connectivity index (χ2v) is 5.87. The molecule has 0 saturated carbocycles. The van der Waals surface area contributed by atoms with Crippen molar-refractivity contribution in [3.63, 3.8) is 0 Å². The molecule has 18 heavy (non-hydrogen) atoms. The van der Waals surface area contributed by atoms with Crippen LogP contribution in [-0.4, -0.2) is 12.0 Å². The molecule has 1 aromatic heterocycles. The van der Waals surface area contributed by atoms with E-state index in [1.54, 1.807) is 11.3 Å². The van der Waals surface area contributed by atoms with Crippen molar-refractivity contribution < 1.29 is 0 Å². The summed E-state index contributed by atoms with van der Waals surface area (Å²) >= 11 is 7.74. The molecule has 2 rings (SSSR count). The lowest BCUT2D eigenvalue weighted by Gasteiger charge is -2.14. The summed E-state index contributed by atoms with van der Waals surface area (Å²) in [5.74, 6) is 0.465. The van der Waals surface area contributed by atoms with E-state index < -0.39 is 0 Å². The minimum atomic E-state index is 0.112. The Hall–Kier alpha value is -0.900. The van der Waals surface area contributed by atoms with E-state index in [0.717, 1.165) is 21.3 Å². The van der Waals surface area contributed by atoms with Gasteiger partial charge in [-0.2, -0.15) is 0 Å². The first kappa shape index (κ1) is 13.5. The number of nitrogens with zero attached hydrogens (tertiary/aromatic N) is 1. The van der Waals surface area contributed by atoms with E-state index in [0.29, 0.717) is 5.92 Å². The fourth-order valence-electron chi connectivity index (χ4n) is 1.82. The smallest absolute Gasteiger partial charge is 0.114 e. The maximum atomic E-state index is 6.04. The molecule has 2 nitrogen and oxygen atoms in total. The van der Waals surface area contributed by atoms with E-state index in [4.69, 9.17) is 16.6 Å². The van der Waals surface area contributed by atoms with E-state index in [1.165, 1.54) is 0 Å². The first-order chi connectivity index (χ1) is 8.61. The summed E-state index contributed by atoms with van der Waals surface area (Å²) in [6.07, 6.45) is 0. The van der Waals surface area contributed by atoms with Gasteiger partial charge in [-0.3, -0.25) is 0 Å². The second kappa shape index (κ2) is 5.83. The molecule has 0 fully saturated rings. The van der Waals surface area contributed by atoms with E-state index in [9.17, 15) is 0 Å². The third-order valence-electron chi connectivity index (χ3n) is 2.85. The molecule has 96 valence electrons. The highest BCUT2D eigenvalue weighted by molar-refractivity contribution is 7.09. The summed E-state index contributed by atoms with van der Waals surface area (Å²) < 4.78 is 0. The number of benzene rings is 1. The molecule has 4 heteroatoms. The predicted molar refractivity (Wildman–Crippen MR) is 78.6 cm³/mol. The Morgan fingerprint density at radius 1 is 1.33 bits per heavy atom. The van der Waals surface area contributed by atoms with E-state index in [2.05, 4.69) is 30.6 Å². The third kappa shape index (κ3) is 2.91. The molecule has 0 amide bonds. The summed E-state index contributed by atoms with van der Waals surface area (Å²) in [4.78, 5) is 4.70. The maximum absolute atomic E-state index is 6.04. The van der Waals surface area contributed by atoms with Crippen LogP contribution in [0, 0.1) is 0 Å². The average Bonchev–Trinajstić information content (AvgIpc) is 2.80. The van der Waals surface area contributed by atoms with Crippen LogP contribution in [0.15, 0.2) is 29.6 Å². The predicted octanol–water partition coefficient (Wildman–Crippen LogP) is 4.23. The van der Waals surface area contributed by atoms with Gasteiger partial charge in [-0.15, -0.1) is 11.3 Å². The standard InChI is InChI=1S/C14H17ClN2S/c1-9(2)12-8-18-14(17-12)13(16-3)10-5-4-6-11(15)7-10/h4-9,13,16H,1-3H3. The van der Waals surface area contributed by atoms with Crippen molar-refractivity contribution in [2.75, 3.05) is 7.05 Å². The fourth-order valence-corrected chi connectivity index (χ4v) is 3.13. The van der Waals surface area contributed by atoms with Crippen LogP contribution in [0.1, 0.15) is 42.1 Å². The van der Waals surface area contributed by atoms with Crippen molar-refractivity contribution in [3.05, 3.63) is 50.9 Å². The van der Waals surface area contributed by atoms with Gasteiger partial charge < -0.3 is 5.32 Å². The molecule has 1 aromatic carbocycles. The van der Waals surface area contributed by atoms with Crippen LogP contribution >= 0.6 is 22.9 Å². The molecule has 0 radical (unpaired) electrons. The van der Waals surface area contributed by atoms with Gasteiger partial charge in [0.05, 0.1) is 11.7 Å². The highest BCUT2D eigenvalue weighted by Crippen LogP contribution is 2.28. The zero-order valence-corrected chi connectivity index (χ0v) is 12.3. The Kier molecular flexibility index (Phi) is 4.38. The lowest BCUT2D eigenvalue weighted by Crippen LogP contribution is -2.17. The Labute approximate surface area is 117 Å². The topological polar surface area (TPSA) is 24.9 Å². The molecule has 1 atom stereocenters. The maximum Gasteiger partial charge on any atom is 0.114 e. The highest BCUT2D eigenvalue weighted by atomic mass is 35.5. The van der Waals surface area contributed by atoms with Gasteiger partial charge in [-0.05, 0) is 30.7 Å². The van der Waals surface area contributed by atoms with Gasteiger partial charge in [0.25, 0.3) is 0 Å². The van der Waals surface area contributed by atoms with Crippen LogP contribution in [0.25, 0.3) is 0 Å². The zero-order chi connectivity index (χ0) is 13.1. The molecule has 0 spiro atoms. The molecule has 2 aromatic rings. The third-order valence-corrected chi connectivity index (χ3v) is 4.01. The SMILES string of the molecule is CNC(c1cccc(Cl)c1)c1nc(C(C)C)cs1. The minimum absolute atomic E-state index is 0.112. The summed E-state index contributed by atoms with van der Waals surface area (Å²) in [5, 5.41) is 7.28. The largest absolute Gasteiger partial charge is 0.307 e. The quantitative estimate of drug-likeness (QED) is 0.907. The molecule has 0 aliphatic rings. The normalized spacial score (nSPS) is 12.9. The number of thiazole rings is 1. The van der Waals surface area contributed by atoms with Crippen molar-refractivity contribution in [2.24, 2.45) is 0 Å². The van der Waals surface area contributed by atoms with Crippen LogP contribution in [0.2, 0.25) is 5.02 Å². The number of nitrogens with one attached hydrogen (secondary N) is 1. The van der Waals surface area contributed by atoms with Crippen LogP contribution in [0.4, 0.5) is 0 Å². The van der Waals surface area contributed by atoms with Gasteiger partial charge in [0.1, 0.15) is 5.01 Å². The van der Waals surface area contributed by atoms with Gasteiger partial charge in [-0.1, -0.05) is 37.6 Å². The molecule has 0 aliphatic carbocycles. The van der Waals surface area contributed by atoms with Crippen LogP contribution in [0.5, 0.6) is 0 Å². The number of aromatic nitrogens is 1. The van der Waals surface area contributed by atoms with Gasteiger partial charge in [0.15, 0.2) is 0 Å². The molecule has 0 saturated heterocycles. The molecular weight excluding hydrogens is 264 g/mol. The Bertz CT molecular complexity index is 522. The Balaban J connectivity index is 2.33. The van der Waals surface area contributed by atoms with Gasteiger partial charge >= 0.3 is 0 Å². The van der Waals surface area contributed by atoms with E-state index in [-0.39, 0.29) is 6.04 Å². The van der Waals surface area contributed by atoms with Gasteiger partial charge in [-0.25, -0.2) is 4.98 Å². The Morgan fingerprint density at radius 3 is 2.67 bits per heavy atom. The molecule has 0 aliphatic heterocycles. The summed E-state index contributed by atoms with van der Waals surface area (Å²) in [5.41, 5.74) is 2.30. The average molecular weight is 281 g/mol. The second-order valence-electron chi connectivity index (χ2n) is 4.54.